The number of rotatable bonds is 0. The second kappa shape index (κ2) is 3.77. The van der Waals surface area contributed by atoms with Crippen molar-refractivity contribution in [2.45, 2.75) is 20.8 Å². The molecule has 0 radical (unpaired) electrons. The first-order chi connectivity index (χ1) is 12.9. The maximum Gasteiger partial charge on any atom is -0.000473 e. The normalized spacial score (nSPS) is 13.4. The predicted molar refractivity (Wildman–Crippen MR) is 121 cm³/mol. The molecule has 0 bridgehead atoms. The summed E-state index contributed by atoms with van der Waals surface area (Å²) in [5.41, 5.74) is 3.93. The third kappa shape index (κ3) is 1.16. The Balaban J connectivity index is 2.19. The summed E-state index contributed by atoms with van der Waals surface area (Å²) in [6.07, 6.45) is 0. The molecular formula is C27H18. The first-order valence-electron chi connectivity index (χ1n) is 9.54. The van der Waals surface area contributed by atoms with Gasteiger partial charge >= 0.3 is 0 Å². The summed E-state index contributed by atoms with van der Waals surface area (Å²) in [4.78, 5) is 0. The van der Waals surface area contributed by atoms with Gasteiger partial charge in [0.2, 0.25) is 0 Å². The van der Waals surface area contributed by atoms with Gasteiger partial charge in [-0.3, -0.25) is 0 Å². The lowest BCUT2D eigenvalue weighted by Gasteiger charge is -2.10. The predicted octanol–water partition coefficient (Wildman–Crippen LogP) is 5.23. The largest absolute Gasteiger partial charge is 0.0905 e. The molecule has 0 amide bonds. The minimum atomic E-state index is 1.17. The van der Waals surface area contributed by atoms with Crippen LogP contribution in [-0.4, -0.2) is 0 Å². The molecule has 0 aromatic heterocycles. The van der Waals surface area contributed by atoms with Crippen LogP contribution in [0.25, 0.3) is 84.4 Å². The van der Waals surface area contributed by atoms with E-state index in [1.165, 1.54) is 97.0 Å². The highest BCUT2D eigenvalue weighted by atomic mass is 14.3. The summed E-state index contributed by atoms with van der Waals surface area (Å²) in [6.45, 7) is 20.2. The van der Waals surface area contributed by atoms with Crippen molar-refractivity contribution in [1.82, 2.24) is 0 Å². The lowest BCUT2D eigenvalue weighted by atomic mass is 9.92. The molecule has 0 N–H and O–H groups in total. The van der Waals surface area contributed by atoms with Crippen LogP contribution in [0.4, 0.5) is 0 Å². The highest BCUT2D eigenvalue weighted by Gasteiger charge is 2.27. The fourth-order valence-electron chi connectivity index (χ4n) is 6.27. The van der Waals surface area contributed by atoms with Gasteiger partial charge < -0.3 is 0 Å². The zero-order chi connectivity index (χ0) is 18.5. The van der Waals surface area contributed by atoms with Gasteiger partial charge in [0, 0.05) is 0 Å². The van der Waals surface area contributed by atoms with Crippen molar-refractivity contribution >= 4 is 84.4 Å². The van der Waals surface area contributed by atoms with Crippen LogP contribution in [-0.2, 0) is 0 Å². The first-order valence-corrected chi connectivity index (χ1v) is 9.54. The molecule has 0 unspecified atom stereocenters. The third-order valence-electron chi connectivity index (χ3n) is 7.20. The van der Waals surface area contributed by atoms with Crippen molar-refractivity contribution in [2.75, 3.05) is 0 Å². The van der Waals surface area contributed by atoms with Gasteiger partial charge in [-0.25, -0.2) is 0 Å². The van der Waals surface area contributed by atoms with Gasteiger partial charge in [-0.2, -0.15) is 0 Å². The Labute approximate surface area is 156 Å². The van der Waals surface area contributed by atoms with E-state index in [1.54, 1.807) is 0 Å². The molecule has 0 spiro atoms. The number of hydrogen-bond acceptors (Lipinski definition) is 0. The number of benzene rings is 4. The quantitative estimate of drug-likeness (QED) is 0.331. The zero-order valence-electron chi connectivity index (χ0n) is 15.9. The van der Waals surface area contributed by atoms with Crippen LogP contribution in [0.15, 0.2) is 18.2 Å². The monoisotopic (exact) mass is 342 g/mol. The molecule has 7 aromatic carbocycles. The maximum absolute atomic E-state index is 4.52. The highest BCUT2D eigenvalue weighted by Crippen LogP contribution is 2.49. The Morgan fingerprint density at radius 1 is 0.407 bits per heavy atom. The molecule has 7 rings (SSSR count). The summed E-state index contributed by atoms with van der Waals surface area (Å²) < 4.78 is 0. The molecule has 27 heavy (non-hydrogen) atoms. The van der Waals surface area contributed by atoms with Gasteiger partial charge in [-0.15, -0.1) is 0 Å². The zero-order valence-corrected chi connectivity index (χ0v) is 15.9. The van der Waals surface area contributed by atoms with Crippen LogP contribution in [0.3, 0.4) is 0 Å². The van der Waals surface area contributed by atoms with E-state index < -0.39 is 0 Å². The number of hydrogen-bond donors (Lipinski definition) is 0. The Morgan fingerprint density at radius 2 is 0.667 bits per heavy atom. The molecule has 0 heterocycles. The molecular weight excluding hydrogens is 324 g/mol. The van der Waals surface area contributed by atoms with Gasteiger partial charge in [0.1, 0.15) is 0 Å². The summed E-state index contributed by atoms with van der Waals surface area (Å²) in [5.74, 6) is 0. The van der Waals surface area contributed by atoms with Gasteiger partial charge in [0.05, 0.1) is 0 Å². The smallest absolute Gasteiger partial charge is 0.000473 e. The van der Waals surface area contributed by atoms with Crippen molar-refractivity contribution in [3.63, 3.8) is 0 Å². The van der Waals surface area contributed by atoms with E-state index in [9.17, 15) is 0 Å². The van der Waals surface area contributed by atoms with Crippen molar-refractivity contribution < 1.29 is 0 Å². The molecule has 126 valence electrons. The topological polar surface area (TPSA) is 0 Å². The fraction of sp³-hybridized carbons (Fsp3) is 0.111. The Hall–Kier alpha value is -3.12. The van der Waals surface area contributed by atoms with Gasteiger partial charge in [0.15, 0.2) is 0 Å². The van der Waals surface area contributed by atoms with Crippen LogP contribution >= 0.6 is 0 Å². The Morgan fingerprint density at radius 3 is 0.926 bits per heavy atom. The SMILES string of the molecule is C=c1c2cc(C)c3c(=C)c4cc(C)c5c(=C)c6cc(C)c1c1c6c5c4c3c21. The van der Waals surface area contributed by atoms with Gasteiger partial charge in [-0.05, 0) is 118 Å². The summed E-state index contributed by atoms with van der Waals surface area (Å²) in [7, 11) is 0. The Kier molecular flexibility index (Phi) is 1.96. The van der Waals surface area contributed by atoms with Gasteiger partial charge in [-0.1, -0.05) is 37.9 Å². The van der Waals surface area contributed by atoms with Crippen LogP contribution in [0.1, 0.15) is 16.7 Å². The molecule has 0 heteroatoms. The molecule has 0 saturated carbocycles. The second-order valence-corrected chi connectivity index (χ2v) is 8.53. The van der Waals surface area contributed by atoms with Crippen molar-refractivity contribution in [3.8, 4) is 0 Å². The van der Waals surface area contributed by atoms with Crippen LogP contribution in [0, 0.1) is 20.8 Å². The molecule has 0 aliphatic heterocycles. The van der Waals surface area contributed by atoms with Crippen LogP contribution in [0.2, 0.25) is 0 Å². The highest BCUT2D eigenvalue weighted by molar-refractivity contribution is 6.48. The standard InChI is InChI=1S/C27H18/c1-10-7-16-14(5)20-12(3)9-18-15(6)21-11(2)8-17-13(4)19(10)25-22(16)26(20)24(18)27(21)23(17)25/h7-9H,4-6H2,1-3H3. The molecule has 7 aromatic rings. The van der Waals surface area contributed by atoms with Crippen molar-refractivity contribution in [3.05, 3.63) is 50.5 Å². The molecule has 0 fully saturated rings. The minimum absolute atomic E-state index is 1.17. The Bertz CT molecular complexity index is 1630. The van der Waals surface area contributed by atoms with Crippen LogP contribution in [0.5, 0.6) is 0 Å². The van der Waals surface area contributed by atoms with Crippen LogP contribution < -0.4 is 15.7 Å². The average Bonchev–Trinajstić information content (AvgIpc) is 3.18. The van der Waals surface area contributed by atoms with E-state index in [0.717, 1.165) is 0 Å². The van der Waals surface area contributed by atoms with Gasteiger partial charge in [0.25, 0.3) is 0 Å². The maximum atomic E-state index is 4.52. The minimum Gasteiger partial charge on any atom is -0.0905 e. The van der Waals surface area contributed by atoms with E-state index >= 15 is 0 Å². The summed E-state index contributed by atoms with van der Waals surface area (Å²) >= 11 is 0. The lowest BCUT2D eigenvalue weighted by molar-refractivity contribution is 1.56. The van der Waals surface area contributed by atoms with E-state index in [1.807, 2.05) is 0 Å². The molecule has 0 aliphatic carbocycles. The molecule has 0 nitrogen and oxygen atoms in total. The van der Waals surface area contributed by atoms with E-state index in [-0.39, 0.29) is 0 Å². The van der Waals surface area contributed by atoms with E-state index in [2.05, 4.69) is 58.7 Å². The lowest BCUT2D eigenvalue weighted by Crippen LogP contribution is -1.98. The summed E-state index contributed by atoms with van der Waals surface area (Å²) in [6, 6.07) is 7.01. The molecule has 0 aliphatic rings. The van der Waals surface area contributed by atoms with Crippen molar-refractivity contribution in [1.29, 1.82) is 0 Å². The van der Waals surface area contributed by atoms with E-state index in [0.29, 0.717) is 0 Å². The van der Waals surface area contributed by atoms with E-state index in [4.69, 9.17) is 0 Å². The second-order valence-electron chi connectivity index (χ2n) is 8.53. The summed E-state index contributed by atoms with van der Waals surface area (Å²) in [5, 5.41) is 19.9. The molecule has 0 atom stereocenters. The molecule has 0 saturated heterocycles. The fourth-order valence-corrected chi connectivity index (χ4v) is 6.27. The average molecular weight is 342 g/mol. The van der Waals surface area contributed by atoms with Crippen molar-refractivity contribution in [2.24, 2.45) is 0 Å². The third-order valence-corrected chi connectivity index (χ3v) is 7.20. The number of aryl methyl sites for hydroxylation is 3. The first kappa shape index (κ1) is 14.0.